The summed E-state index contributed by atoms with van der Waals surface area (Å²) < 4.78 is 9.52. The molecule has 0 aliphatic carbocycles. The maximum atomic E-state index is 10.7. The number of carboxylic acid groups (broad SMARTS) is 1. The number of carboxylic acids is 1. The Bertz CT molecular complexity index is 329. The number of hydrogen-bond acceptors (Lipinski definition) is 4. The molecular weight excluding hydrogens is 200 g/mol. The molecule has 0 aromatic carbocycles. The van der Waals surface area contributed by atoms with Gasteiger partial charge in [-0.1, -0.05) is 12.2 Å². The molecule has 15 heavy (non-hydrogen) atoms. The number of hydrogen-bond donors (Lipinski definition) is 1. The molecule has 0 saturated carbocycles. The van der Waals surface area contributed by atoms with Gasteiger partial charge in [0.15, 0.2) is 6.10 Å². The van der Waals surface area contributed by atoms with E-state index in [1.54, 1.807) is 13.0 Å². The molecule has 1 N–H and O–H groups in total. The minimum Gasteiger partial charge on any atom is -0.478 e. The van der Waals surface area contributed by atoms with E-state index in [-0.39, 0.29) is 11.7 Å². The molecule has 0 bridgehead atoms. The smallest absolute Gasteiger partial charge is 0.478 e. The van der Waals surface area contributed by atoms with E-state index in [9.17, 15) is 9.59 Å². The first-order chi connectivity index (χ1) is 7.00. The summed E-state index contributed by atoms with van der Waals surface area (Å²) in [5, 5.41) is 8.56. The van der Waals surface area contributed by atoms with Crippen molar-refractivity contribution in [3.8, 4) is 0 Å². The Morgan fingerprint density at radius 2 is 2.13 bits per heavy atom. The van der Waals surface area contributed by atoms with E-state index in [2.05, 4.69) is 0 Å². The molecule has 1 rings (SSSR count). The molecule has 0 radical (unpaired) electrons. The Kier molecular flexibility index (Phi) is 3.49. The molecular formula is C10H12O5. The van der Waals surface area contributed by atoms with Crippen molar-refractivity contribution in [1.29, 1.82) is 0 Å². The predicted octanol–water partition coefficient (Wildman–Crippen LogP) is 1.50. The van der Waals surface area contributed by atoms with E-state index in [4.69, 9.17) is 14.6 Å². The van der Waals surface area contributed by atoms with Crippen LogP contribution >= 0.6 is 0 Å². The van der Waals surface area contributed by atoms with Crippen LogP contribution in [-0.4, -0.2) is 29.4 Å². The first kappa shape index (κ1) is 11.3. The third-order valence-corrected chi connectivity index (χ3v) is 1.96. The lowest BCUT2D eigenvalue weighted by Gasteiger charge is -2.03. The summed E-state index contributed by atoms with van der Waals surface area (Å²) in [6.07, 6.45) is 3.06. The zero-order chi connectivity index (χ0) is 11.4. The minimum absolute atomic E-state index is 0.212. The highest BCUT2D eigenvalue weighted by Gasteiger charge is 2.30. The van der Waals surface area contributed by atoms with Crippen LogP contribution in [0.25, 0.3) is 0 Å². The molecule has 1 aliphatic heterocycles. The van der Waals surface area contributed by atoms with Crippen LogP contribution in [0.2, 0.25) is 0 Å². The zero-order valence-electron chi connectivity index (χ0n) is 8.47. The van der Waals surface area contributed by atoms with Gasteiger partial charge < -0.3 is 14.6 Å². The first-order valence-corrected chi connectivity index (χ1v) is 4.46. The van der Waals surface area contributed by atoms with E-state index >= 15 is 0 Å². The van der Waals surface area contributed by atoms with Gasteiger partial charge in [0, 0.05) is 5.57 Å². The fourth-order valence-corrected chi connectivity index (χ4v) is 1.03. The van der Waals surface area contributed by atoms with Gasteiger partial charge in [-0.3, -0.25) is 0 Å². The molecule has 1 aliphatic rings. The van der Waals surface area contributed by atoms with Crippen molar-refractivity contribution in [2.45, 2.75) is 26.1 Å². The zero-order valence-corrected chi connectivity index (χ0v) is 8.47. The highest BCUT2D eigenvalue weighted by atomic mass is 16.8. The highest BCUT2D eigenvalue weighted by molar-refractivity contribution is 5.86. The quantitative estimate of drug-likeness (QED) is 0.436. The van der Waals surface area contributed by atoms with Crippen LogP contribution < -0.4 is 0 Å². The van der Waals surface area contributed by atoms with Crippen molar-refractivity contribution in [3.63, 3.8) is 0 Å². The summed E-state index contributed by atoms with van der Waals surface area (Å²) in [7, 11) is 0. The van der Waals surface area contributed by atoms with Gasteiger partial charge in [0.25, 0.3) is 0 Å². The van der Waals surface area contributed by atoms with Crippen molar-refractivity contribution >= 4 is 12.1 Å². The van der Waals surface area contributed by atoms with Crippen LogP contribution in [0.3, 0.4) is 0 Å². The Hall–Kier alpha value is -1.78. The summed E-state index contributed by atoms with van der Waals surface area (Å²) in [6, 6.07) is 0. The second-order valence-electron chi connectivity index (χ2n) is 3.20. The Morgan fingerprint density at radius 1 is 1.47 bits per heavy atom. The van der Waals surface area contributed by atoms with Crippen LogP contribution in [0.1, 0.15) is 13.8 Å². The lowest BCUT2D eigenvalue weighted by molar-refractivity contribution is -0.132. The maximum absolute atomic E-state index is 10.7. The van der Waals surface area contributed by atoms with Gasteiger partial charge in [0.2, 0.25) is 0 Å². The van der Waals surface area contributed by atoms with Crippen LogP contribution in [-0.2, 0) is 14.3 Å². The topological polar surface area (TPSA) is 72.8 Å². The summed E-state index contributed by atoms with van der Waals surface area (Å²) in [5.41, 5.74) is 0.212. The van der Waals surface area contributed by atoms with Gasteiger partial charge in [0.05, 0.1) is 0 Å². The SMILES string of the molecule is CC(=CC=C[C@H]1OC(=O)O[C@@H]1C)C(=O)O. The largest absolute Gasteiger partial charge is 0.509 e. The second kappa shape index (κ2) is 4.63. The van der Waals surface area contributed by atoms with E-state index in [1.165, 1.54) is 19.1 Å². The molecule has 0 amide bonds. The lowest BCUT2D eigenvalue weighted by Crippen LogP contribution is -2.15. The fourth-order valence-electron chi connectivity index (χ4n) is 1.03. The maximum Gasteiger partial charge on any atom is 0.509 e. The fraction of sp³-hybridized carbons (Fsp3) is 0.400. The summed E-state index contributed by atoms with van der Waals surface area (Å²) >= 11 is 0. The number of aliphatic carboxylic acids is 1. The van der Waals surface area contributed by atoms with Crippen molar-refractivity contribution < 1.29 is 24.2 Å². The molecule has 5 heteroatoms. The average molecular weight is 212 g/mol. The van der Waals surface area contributed by atoms with Crippen LogP contribution in [0.15, 0.2) is 23.8 Å². The number of ether oxygens (including phenoxy) is 2. The Balaban J connectivity index is 2.55. The van der Waals surface area contributed by atoms with Gasteiger partial charge in [-0.15, -0.1) is 0 Å². The van der Waals surface area contributed by atoms with Crippen molar-refractivity contribution in [3.05, 3.63) is 23.8 Å². The molecule has 0 unspecified atom stereocenters. The van der Waals surface area contributed by atoms with Crippen molar-refractivity contribution in [1.82, 2.24) is 0 Å². The molecule has 82 valence electrons. The van der Waals surface area contributed by atoms with Crippen molar-refractivity contribution in [2.75, 3.05) is 0 Å². The van der Waals surface area contributed by atoms with Gasteiger partial charge >= 0.3 is 12.1 Å². The van der Waals surface area contributed by atoms with Gasteiger partial charge in [-0.05, 0) is 19.9 Å². The normalized spacial score (nSPS) is 26.5. The third-order valence-electron chi connectivity index (χ3n) is 1.96. The number of rotatable bonds is 3. The highest BCUT2D eigenvalue weighted by Crippen LogP contribution is 2.15. The van der Waals surface area contributed by atoms with E-state index in [0.29, 0.717) is 0 Å². The van der Waals surface area contributed by atoms with Crippen LogP contribution in [0.5, 0.6) is 0 Å². The molecule has 1 saturated heterocycles. The van der Waals surface area contributed by atoms with Crippen LogP contribution in [0.4, 0.5) is 4.79 Å². The standard InChI is InChI=1S/C10H12O5/c1-6(9(11)12)4-3-5-8-7(2)14-10(13)15-8/h3-5,7-8H,1-2H3,(H,11,12)/t7-,8-/m1/s1. The predicted molar refractivity (Wildman–Crippen MR) is 51.3 cm³/mol. The molecule has 1 fully saturated rings. The van der Waals surface area contributed by atoms with E-state index < -0.39 is 18.2 Å². The lowest BCUT2D eigenvalue weighted by atomic mass is 10.2. The number of carbonyl (C=O) groups is 2. The van der Waals surface area contributed by atoms with Crippen molar-refractivity contribution in [2.24, 2.45) is 0 Å². The number of carbonyl (C=O) groups excluding carboxylic acids is 1. The molecule has 0 aromatic heterocycles. The van der Waals surface area contributed by atoms with E-state index in [1.807, 2.05) is 0 Å². The Labute approximate surface area is 87.0 Å². The monoisotopic (exact) mass is 212 g/mol. The van der Waals surface area contributed by atoms with Gasteiger partial charge in [-0.2, -0.15) is 0 Å². The third kappa shape index (κ3) is 3.12. The van der Waals surface area contributed by atoms with Gasteiger partial charge in [0.1, 0.15) is 6.10 Å². The second-order valence-corrected chi connectivity index (χ2v) is 3.20. The molecule has 5 nitrogen and oxygen atoms in total. The molecule has 0 aromatic rings. The summed E-state index contributed by atoms with van der Waals surface area (Å²) in [5.74, 6) is -0.979. The molecule has 2 atom stereocenters. The summed E-state index contributed by atoms with van der Waals surface area (Å²) in [4.78, 5) is 21.1. The van der Waals surface area contributed by atoms with Crippen LogP contribution in [0, 0.1) is 0 Å². The summed E-state index contributed by atoms with van der Waals surface area (Å²) in [6.45, 7) is 3.18. The van der Waals surface area contributed by atoms with Gasteiger partial charge in [-0.25, -0.2) is 9.59 Å². The number of allylic oxidation sites excluding steroid dienone is 2. The molecule has 1 heterocycles. The Morgan fingerprint density at radius 3 is 2.60 bits per heavy atom. The number of cyclic esters (lactones) is 2. The molecule has 0 spiro atoms. The van der Waals surface area contributed by atoms with E-state index in [0.717, 1.165) is 0 Å². The first-order valence-electron chi connectivity index (χ1n) is 4.46. The minimum atomic E-state index is -0.979. The average Bonchev–Trinajstić information content (AvgIpc) is 2.45.